The zero-order valence-electron chi connectivity index (χ0n) is 8.73. The van der Waals surface area contributed by atoms with Crippen molar-refractivity contribution in [1.82, 2.24) is 0 Å². The third kappa shape index (κ3) is 3.04. The number of benzene rings is 1. The van der Waals surface area contributed by atoms with Gasteiger partial charge in [0, 0.05) is 18.2 Å². The molecule has 1 aromatic carbocycles. The summed E-state index contributed by atoms with van der Waals surface area (Å²) in [5.41, 5.74) is 5.46. The molecule has 0 unspecified atom stereocenters. The fraction of sp³-hybridized carbons (Fsp3) is 0.300. The van der Waals surface area contributed by atoms with Gasteiger partial charge in [-0.2, -0.15) is 0 Å². The number of sulfone groups is 1. The molecule has 0 aliphatic carbocycles. The summed E-state index contributed by atoms with van der Waals surface area (Å²) in [6, 6.07) is 4.06. The van der Waals surface area contributed by atoms with E-state index < -0.39 is 9.84 Å². The minimum Gasteiger partial charge on any atom is -0.330 e. The van der Waals surface area contributed by atoms with Crippen molar-refractivity contribution in [3.63, 3.8) is 0 Å². The fourth-order valence-electron chi connectivity index (χ4n) is 1.21. The number of Topliss-reactive ketones (excluding diaryl/α,β-unsaturated/α-hetero) is 1. The lowest BCUT2D eigenvalue weighted by Crippen LogP contribution is -2.09. The maximum atomic E-state index is 11.6. The number of carbonyl (C=O) groups excluding carboxylic acids is 1. The number of rotatable bonds is 4. The van der Waals surface area contributed by atoms with E-state index in [0.717, 1.165) is 6.26 Å². The molecule has 0 fully saturated rings. The van der Waals surface area contributed by atoms with Gasteiger partial charge in [-0.3, -0.25) is 4.79 Å². The van der Waals surface area contributed by atoms with Crippen LogP contribution in [0.5, 0.6) is 0 Å². The van der Waals surface area contributed by atoms with E-state index in [2.05, 4.69) is 0 Å². The first-order valence-corrected chi connectivity index (χ1v) is 6.86. The van der Waals surface area contributed by atoms with Gasteiger partial charge in [-0.1, -0.05) is 11.6 Å². The lowest BCUT2D eigenvalue weighted by molar-refractivity contribution is 0.0985. The summed E-state index contributed by atoms with van der Waals surface area (Å²) < 4.78 is 22.6. The lowest BCUT2D eigenvalue weighted by Gasteiger charge is -2.05. The van der Waals surface area contributed by atoms with Crippen LogP contribution in [-0.2, 0) is 9.84 Å². The zero-order valence-corrected chi connectivity index (χ0v) is 10.3. The highest BCUT2D eigenvalue weighted by Gasteiger charge is 2.14. The van der Waals surface area contributed by atoms with Crippen LogP contribution in [-0.4, -0.2) is 27.0 Å². The molecule has 4 nitrogen and oxygen atoms in total. The van der Waals surface area contributed by atoms with Gasteiger partial charge in [-0.05, 0) is 24.7 Å². The third-order valence-electron chi connectivity index (χ3n) is 2.04. The normalized spacial score (nSPS) is 11.4. The topological polar surface area (TPSA) is 77.2 Å². The van der Waals surface area contributed by atoms with Crippen molar-refractivity contribution in [2.24, 2.45) is 5.73 Å². The molecule has 16 heavy (non-hydrogen) atoms. The number of halogens is 1. The highest BCUT2D eigenvalue weighted by molar-refractivity contribution is 7.90. The van der Waals surface area contributed by atoms with Crippen molar-refractivity contribution in [2.45, 2.75) is 11.3 Å². The largest absolute Gasteiger partial charge is 0.330 e. The van der Waals surface area contributed by atoms with Crippen LogP contribution in [0.2, 0.25) is 5.02 Å². The van der Waals surface area contributed by atoms with Crippen LogP contribution in [0.15, 0.2) is 23.1 Å². The molecule has 88 valence electrons. The molecule has 0 aliphatic heterocycles. The van der Waals surface area contributed by atoms with Crippen LogP contribution < -0.4 is 5.73 Å². The predicted molar refractivity (Wildman–Crippen MR) is 62.6 cm³/mol. The Morgan fingerprint density at radius 3 is 2.56 bits per heavy atom. The van der Waals surface area contributed by atoms with Crippen LogP contribution in [0, 0.1) is 0 Å². The van der Waals surface area contributed by atoms with Crippen molar-refractivity contribution < 1.29 is 13.2 Å². The second-order valence-corrected chi connectivity index (χ2v) is 5.80. The Balaban J connectivity index is 3.24. The Hall–Kier alpha value is -0.910. The van der Waals surface area contributed by atoms with Gasteiger partial charge in [0.2, 0.25) is 0 Å². The first-order valence-electron chi connectivity index (χ1n) is 4.59. The molecule has 0 bridgehead atoms. The Bertz CT molecular complexity index is 511. The Morgan fingerprint density at radius 2 is 2.06 bits per heavy atom. The second-order valence-electron chi connectivity index (χ2n) is 3.38. The molecule has 0 saturated heterocycles. The molecule has 0 radical (unpaired) electrons. The molecule has 0 amide bonds. The summed E-state index contributed by atoms with van der Waals surface area (Å²) in [5.74, 6) is -0.252. The number of ketones is 1. The molecule has 0 spiro atoms. The first-order chi connectivity index (χ1) is 7.36. The molecule has 1 aromatic rings. The van der Waals surface area contributed by atoms with Crippen molar-refractivity contribution >= 4 is 27.2 Å². The number of nitrogens with two attached hydrogens (primary N) is 1. The zero-order chi connectivity index (χ0) is 12.3. The quantitative estimate of drug-likeness (QED) is 0.828. The van der Waals surface area contributed by atoms with E-state index in [0.29, 0.717) is 0 Å². The third-order valence-corrected chi connectivity index (χ3v) is 3.48. The molecular weight excluding hydrogens is 250 g/mol. The molecule has 0 aromatic heterocycles. The van der Waals surface area contributed by atoms with Crippen LogP contribution in [0.1, 0.15) is 16.8 Å². The molecule has 0 atom stereocenters. The van der Waals surface area contributed by atoms with E-state index in [1.807, 2.05) is 0 Å². The standard InChI is InChI=1S/C10H12ClNO3S/c1-16(14,15)7-2-3-9(11)8(6-7)10(13)4-5-12/h2-3,6H,4-5,12H2,1H3. The van der Waals surface area contributed by atoms with E-state index in [9.17, 15) is 13.2 Å². The van der Waals surface area contributed by atoms with E-state index in [1.54, 1.807) is 0 Å². The summed E-state index contributed by atoms with van der Waals surface area (Å²) in [7, 11) is -3.33. The predicted octanol–water partition coefficient (Wildman–Crippen LogP) is 1.28. The monoisotopic (exact) mass is 261 g/mol. The van der Waals surface area contributed by atoms with Gasteiger partial charge in [0.25, 0.3) is 0 Å². The van der Waals surface area contributed by atoms with E-state index in [4.69, 9.17) is 17.3 Å². The van der Waals surface area contributed by atoms with Gasteiger partial charge < -0.3 is 5.73 Å². The summed E-state index contributed by atoms with van der Waals surface area (Å²) in [6.45, 7) is 0.207. The Labute approximate surface area is 99.3 Å². The van der Waals surface area contributed by atoms with Crippen molar-refractivity contribution in [2.75, 3.05) is 12.8 Å². The maximum absolute atomic E-state index is 11.6. The van der Waals surface area contributed by atoms with Gasteiger partial charge in [0.1, 0.15) is 0 Å². The first kappa shape index (κ1) is 13.2. The number of hydrogen-bond acceptors (Lipinski definition) is 4. The minimum absolute atomic E-state index is 0.0808. The molecule has 0 saturated carbocycles. The van der Waals surface area contributed by atoms with Gasteiger partial charge in [0.15, 0.2) is 15.6 Å². The maximum Gasteiger partial charge on any atom is 0.175 e. The summed E-state index contributed by atoms with van der Waals surface area (Å²) >= 11 is 5.82. The molecule has 2 N–H and O–H groups in total. The Morgan fingerprint density at radius 1 is 1.44 bits per heavy atom. The van der Waals surface area contributed by atoms with Crippen LogP contribution in [0.3, 0.4) is 0 Å². The average molecular weight is 262 g/mol. The smallest absolute Gasteiger partial charge is 0.175 e. The van der Waals surface area contributed by atoms with Gasteiger partial charge in [0.05, 0.1) is 9.92 Å². The molecule has 6 heteroatoms. The molecule has 0 heterocycles. The van der Waals surface area contributed by atoms with Crippen molar-refractivity contribution in [3.05, 3.63) is 28.8 Å². The highest BCUT2D eigenvalue weighted by atomic mass is 35.5. The van der Waals surface area contributed by atoms with Crippen LogP contribution in [0.25, 0.3) is 0 Å². The molecule has 1 rings (SSSR count). The van der Waals surface area contributed by atoms with Gasteiger partial charge in [-0.25, -0.2) is 8.42 Å². The molecular formula is C10H12ClNO3S. The van der Waals surface area contributed by atoms with E-state index in [1.165, 1.54) is 18.2 Å². The number of carbonyl (C=O) groups is 1. The Kier molecular flexibility index (Phi) is 4.07. The summed E-state index contributed by atoms with van der Waals surface area (Å²) in [6.07, 6.45) is 1.22. The number of hydrogen-bond donors (Lipinski definition) is 1. The van der Waals surface area contributed by atoms with Gasteiger partial charge >= 0.3 is 0 Å². The van der Waals surface area contributed by atoms with Crippen LogP contribution in [0.4, 0.5) is 0 Å². The second kappa shape index (κ2) is 4.95. The summed E-state index contributed by atoms with van der Waals surface area (Å²) in [4.78, 5) is 11.7. The van der Waals surface area contributed by atoms with Gasteiger partial charge in [-0.15, -0.1) is 0 Å². The van der Waals surface area contributed by atoms with Crippen molar-refractivity contribution in [1.29, 1.82) is 0 Å². The van der Waals surface area contributed by atoms with Crippen LogP contribution >= 0.6 is 11.6 Å². The SMILES string of the molecule is CS(=O)(=O)c1ccc(Cl)c(C(=O)CCN)c1. The fourth-order valence-corrected chi connectivity index (χ4v) is 2.08. The van der Waals surface area contributed by atoms with Crippen molar-refractivity contribution in [3.8, 4) is 0 Å². The lowest BCUT2D eigenvalue weighted by atomic mass is 10.1. The van der Waals surface area contributed by atoms with E-state index >= 15 is 0 Å². The van der Waals surface area contributed by atoms with E-state index in [-0.39, 0.29) is 34.2 Å². The molecule has 0 aliphatic rings. The summed E-state index contributed by atoms with van der Waals surface area (Å²) in [5, 5.41) is 0.242. The average Bonchev–Trinajstić information content (AvgIpc) is 2.16. The minimum atomic E-state index is -3.33. The highest BCUT2D eigenvalue weighted by Crippen LogP contribution is 2.21.